The molecule has 1 amide bonds. The Morgan fingerprint density at radius 2 is 1.96 bits per heavy atom. The molecule has 2 atom stereocenters. The summed E-state index contributed by atoms with van der Waals surface area (Å²) in [7, 11) is 0. The highest BCUT2D eigenvalue weighted by molar-refractivity contribution is 5.67. The van der Waals surface area contributed by atoms with E-state index in [4.69, 9.17) is 4.74 Å². The van der Waals surface area contributed by atoms with Gasteiger partial charge in [0.05, 0.1) is 0 Å². The predicted molar refractivity (Wildman–Crippen MR) is 120 cm³/mol. The zero-order valence-corrected chi connectivity index (χ0v) is 19.0. The highest BCUT2D eigenvalue weighted by Crippen LogP contribution is 2.17. The number of allylic oxidation sites excluding steroid dienone is 5. The van der Waals surface area contributed by atoms with Crippen LogP contribution in [0.3, 0.4) is 0 Å². The molecule has 0 aromatic heterocycles. The number of hydrogen-bond donors (Lipinski definition) is 1. The van der Waals surface area contributed by atoms with E-state index >= 15 is 0 Å². The highest BCUT2D eigenvalue weighted by atomic mass is 16.6. The Morgan fingerprint density at radius 3 is 2.64 bits per heavy atom. The van der Waals surface area contributed by atoms with Crippen LogP contribution in [0.4, 0.5) is 4.79 Å². The van der Waals surface area contributed by atoms with Crippen LogP contribution in [0.1, 0.15) is 80.1 Å². The molecule has 0 radical (unpaired) electrons. The van der Waals surface area contributed by atoms with E-state index in [1.807, 2.05) is 20.8 Å². The molecular formula is C24H42N2O2. The van der Waals surface area contributed by atoms with Crippen LogP contribution in [-0.2, 0) is 4.74 Å². The summed E-state index contributed by atoms with van der Waals surface area (Å²) in [5.74, 6) is 0. The molecule has 2 unspecified atom stereocenters. The molecule has 1 heterocycles. The first-order valence-corrected chi connectivity index (χ1v) is 10.9. The zero-order valence-electron chi connectivity index (χ0n) is 19.0. The second kappa shape index (κ2) is 12.8. The largest absolute Gasteiger partial charge is 0.444 e. The normalized spacial score (nSPS) is 23.3. The van der Waals surface area contributed by atoms with Crippen molar-refractivity contribution in [3.05, 3.63) is 36.0 Å². The molecular weight excluding hydrogens is 348 g/mol. The summed E-state index contributed by atoms with van der Waals surface area (Å²) in [5, 5.41) is 2.97. The minimum atomic E-state index is -0.454. The van der Waals surface area contributed by atoms with Gasteiger partial charge in [-0.1, -0.05) is 42.9 Å². The molecule has 4 nitrogen and oxygen atoms in total. The van der Waals surface area contributed by atoms with Crippen LogP contribution in [0.15, 0.2) is 36.0 Å². The zero-order chi connectivity index (χ0) is 21.0. The fourth-order valence-electron chi connectivity index (χ4n) is 3.49. The van der Waals surface area contributed by atoms with Gasteiger partial charge in [0.15, 0.2) is 0 Å². The van der Waals surface area contributed by atoms with E-state index < -0.39 is 5.60 Å². The molecule has 0 fully saturated rings. The van der Waals surface area contributed by atoms with E-state index in [9.17, 15) is 4.79 Å². The van der Waals surface area contributed by atoms with Gasteiger partial charge < -0.3 is 15.0 Å². The van der Waals surface area contributed by atoms with Gasteiger partial charge in [-0.15, -0.1) is 0 Å². The Bertz CT molecular complexity index is 543. The third-order valence-corrected chi connectivity index (χ3v) is 5.02. The second-order valence-corrected chi connectivity index (χ2v) is 8.94. The molecule has 0 aliphatic carbocycles. The van der Waals surface area contributed by atoms with Gasteiger partial charge in [-0.2, -0.15) is 0 Å². The fourth-order valence-corrected chi connectivity index (χ4v) is 3.49. The van der Waals surface area contributed by atoms with E-state index in [2.05, 4.69) is 61.4 Å². The van der Waals surface area contributed by atoms with Crippen molar-refractivity contribution in [1.82, 2.24) is 10.2 Å². The number of alkyl carbamates (subject to hydrolysis) is 1. The first-order chi connectivity index (χ1) is 13.2. The van der Waals surface area contributed by atoms with Gasteiger partial charge in [-0.25, -0.2) is 4.79 Å². The molecule has 28 heavy (non-hydrogen) atoms. The highest BCUT2D eigenvalue weighted by Gasteiger charge is 2.20. The number of amides is 1. The molecule has 1 aliphatic heterocycles. The van der Waals surface area contributed by atoms with E-state index in [0.29, 0.717) is 6.04 Å². The molecule has 0 saturated carbocycles. The smallest absolute Gasteiger partial charge is 0.407 e. The van der Waals surface area contributed by atoms with Crippen molar-refractivity contribution in [3.63, 3.8) is 0 Å². The average Bonchev–Trinajstić information content (AvgIpc) is 2.57. The van der Waals surface area contributed by atoms with Crippen LogP contribution in [0.2, 0.25) is 0 Å². The van der Waals surface area contributed by atoms with Gasteiger partial charge >= 0.3 is 6.09 Å². The van der Waals surface area contributed by atoms with Crippen LogP contribution in [0.25, 0.3) is 0 Å². The summed E-state index contributed by atoms with van der Waals surface area (Å²) in [6.07, 6.45) is 17.2. The van der Waals surface area contributed by atoms with E-state index in [1.54, 1.807) is 0 Å². The maximum absolute atomic E-state index is 12.0. The monoisotopic (exact) mass is 390 g/mol. The molecule has 0 saturated heterocycles. The van der Waals surface area contributed by atoms with E-state index in [0.717, 1.165) is 45.2 Å². The molecule has 1 rings (SSSR count). The van der Waals surface area contributed by atoms with Crippen LogP contribution < -0.4 is 5.32 Å². The van der Waals surface area contributed by atoms with Crippen molar-refractivity contribution >= 4 is 6.09 Å². The number of nitrogens with one attached hydrogen (secondary N) is 1. The Hall–Kier alpha value is -1.55. The summed E-state index contributed by atoms with van der Waals surface area (Å²) in [6.45, 7) is 14.5. The van der Waals surface area contributed by atoms with Crippen molar-refractivity contribution in [1.29, 1.82) is 0 Å². The maximum atomic E-state index is 12.0. The Labute approximate surface area is 173 Å². The molecule has 160 valence electrons. The summed E-state index contributed by atoms with van der Waals surface area (Å²) in [4.78, 5) is 14.6. The summed E-state index contributed by atoms with van der Waals surface area (Å²) < 4.78 is 5.37. The van der Waals surface area contributed by atoms with Gasteiger partial charge in [-0.05, 0) is 79.7 Å². The Kier molecular flexibility index (Phi) is 11.2. The lowest BCUT2D eigenvalue weighted by Crippen LogP contribution is -2.40. The molecule has 0 aromatic rings. The molecule has 0 aromatic carbocycles. The quantitative estimate of drug-likeness (QED) is 0.604. The van der Waals surface area contributed by atoms with Crippen LogP contribution >= 0.6 is 0 Å². The Balaban J connectivity index is 2.56. The minimum Gasteiger partial charge on any atom is -0.444 e. The van der Waals surface area contributed by atoms with Gasteiger partial charge in [-0.3, -0.25) is 0 Å². The number of rotatable bonds is 6. The van der Waals surface area contributed by atoms with Gasteiger partial charge in [0.2, 0.25) is 0 Å². The van der Waals surface area contributed by atoms with Crippen molar-refractivity contribution in [2.45, 2.75) is 97.8 Å². The first kappa shape index (κ1) is 24.5. The lowest BCUT2D eigenvalue weighted by atomic mass is 10.0. The van der Waals surface area contributed by atoms with E-state index in [-0.39, 0.29) is 12.1 Å². The van der Waals surface area contributed by atoms with Gasteiger partial charge in [0.1, 0.15) is 5.60 Å². The molecule has 0 bridgehead atoms. The maximum Gasteiger partial charge on any atom is 0.407 e. The summed E-state index contributed by atoms with van der Waals surface area (Å²) in [5.41, 5.74) is 0.984. The number of nitrogens with zero attached hydrogens (tertiary/aromatic N) is 1. The van der Waals surface area contributed by atoms with Crippen LogP contribution in [0.5, 0.6) is 0 Å². The van der Waals surface area contributed by atoms with Crippen molar-refractivity contribution in [3.8, 4) is 0 Å². The van der Waals surface area contributed by atoms with Gasteiger partial charge in [0.25, 0.3) is 0 Å². The summed E-state index contributed by atoms with van der Waals surface area (Å²) >= 11 is 0. The second-order valence-electron chi connectivity index (χ2n) is 8.94. The topological polar surface area (TPSA) is 41.6 Å². The predicted octanol–water partition coefficient (Wildman–Crippen LogP) is 6.00. The fraction of sp³-hybridized carbons (Fsp3) is 0.708. The molecule has 1 N–H and O–H groups in total. The Morgan fingerprint density at radius 1 is 1.21 bits per heavy atom. The van der Waals surface area contributed by atoms with Crippen LogP contribution in [0, 0.1) is 0 Å². The number of hydrogen-bond acceptors (Lipinski definition) is 3. The van der Waals surface area contributed by atoms with Gasteiger partial charge in [0, 0.05) is 18.6 Å². The molecule has 1 aliphatic rings. The number of carbonyl (C=O) groups excluding carboxylic acids is 1. The summed E-state index contributed by atoms with van der Waals surface area (Å²) in [6, 6.07) is 0.672. The lowest BCUT2D eigenvalue weighted by molar-refractivity contribution is 0.0503. The molecule has 0 spiro atoms. The number of ether oxygens (including phenoxy) is 1. The van der Waals surface area contributed by atoms with Crippen molar-refractivity contribution in [2.75, 3.05) is 13.1 Å². The first-order valence-electron chi connectivity index (χ1n) is 10.9. The molecule has 4 heteroatoms. The van der Waals surface area contributed by atoms with Crippen molar-refractivity contribution < 1.29 is 9.53 Å². The SMILES string of the molecule is CCC(CCC(C)NC(=O)OC(C)(C)C)N1CC\C=C/C=C\C=C(/C)CCC1. The number of carbonyl (C=O) groups is 1. The minimum absolute atomic E-state index is 0.117. The standard InChI is InChI=1S/C24H42N2O2/c1-7-22(17-16-21(3)25-23(27)28-24(4,5)6)26-18-12-10-8-9-11-14-20(2)15-13-19-26/h8-11,14,21-22H,7,12-13,15-19H2,1-6H3,(H,25,27)/b10-8-,11-9-,20-14+. The van der Waals surface area contributed by atoms with E-state index in [1.165, 1.54) is 12.0 Å². The van der Waals surface area contributed by atoms with Crippen LogP contribution in [-0.4, -0.2) is 41.8 Å². The third-order valence-electron chi connectivity index (χ3n) is 5.02. The average molecular weight is 391 g/mol. The lowest BCUT2D eigenvalue weighted by Gasteiger charge is -2.32. The third kappa shape index (κ3) is 11.3. The van der Waals surface area contributed by atoms with Crippen molar-refractivity contribution in [2.24, 2.45) is 0 Å².